The largest absolute Gasteiger partial charge is 0.444 e. The van der Waals surface area contributed by atoms with Gasteiger partial charge in [0.15, 0.2) is 0 Å². The van der Waals surface area contributed by atoms with Crippen LogP contribution in [0, 0.1) is 28.1 Å². The Labute approximate surface area is 215 Å². The fraction of sp³-hybridized carbons (Fsp3) is 0.444. The van der Waals surface area contributed by atoms with Crippen molar-refractivity contribution < 1.29 is 9.53 Å². The molecule has 3 heterocycles. The number of aromatic nitrogens is 4. The van der Waals surface area contributed by atoms with Gasteiger partial charge < -0.3 is 15.4 Å². The maximum Gasteiger partial charge on any atom is 0.410 e. The van der Waals surface area contributed by atoms with Crippen LogP contribution in [-0.2, 0) is 11.3 Å². The first-order valence-electron chi connectivity index (χ1n) is 12.4. The number of hydrogen-bond donors (Lipinski definition) is 1. The van der Waals surface area contributed by atoms with Crippen molar-refractivity contribution >= 4 is 11.9 Å². The number of hydrogen-bond acceptors (Lipinski definition) is 7. The minimum absolute atomic E-state index is 0.0337. The van der Waals surface area contributed by atoms with E-state index in [0.29, 0.717) is 47.8 Å². The van der Waals surface area contributed by atoms with Crippen molar-refractivity contribution in [1.29, 1.82) is 10.5 Å². The molecule has 2 aromatic heterocycles. The van der Waals surface area contributed by atoms with Gasteiger partial charge in [0.05, 0.1) is 30.4 Å². The molecule has 1 aliphatic heterocycles. The van der Waals surface area contributed by atoms with E-state index >= 15 is 0 Å². The van der Waals surface area contributed by atoms with Gasteiger partial charge in [0.1, 0.15) is 28.7 Å². The molecular formula is C27H30N8O2. The summed E-state index contributed by atoms with van der Waals surface area (Å²) in [6.45, 7) is 7.39. The Morgan fingerprint density at radius 3 is 2.70 bits per heavy atom. The second kappa shape index (κ2) is 8.97. The molecule has 0 unspecified atom stereocenters. The van der Waals surface area contributed by atoms with Crippen LogP contribution in [0.3, 0.4) is 0 Å². The molecule has 1 aliphatic carbocycles. The van der Waals surface area contributed by atoms with Crippen LogP contribution >= 0.6 is 0 Å². The van der Waals surface area contributed by atoms with Gasteiger partial charge in [-0.25, -0.2) is 9.48 Å². The Kier molecular flexibility index (Phi) is 5.91. The molecule has 1 saturated heterocycles. The molecule has 1 spiro atoms. The maximum absolute atomic E-state index is 12.5. The zero-order chi connectivity index (χ0) is 26.4. The molecule has 10 nitrogen and oxygen atoms in total. The van der Waals surface area contributed by atoms with Crippen LogP contribution in [-0.4, -0.2) is 49.2 Å². The SMILES string of the molecule is CC(C)(C)OC(=O)N1CCC2(CC(n3nc(-c4cnn(Cc5ccccc5C#N)c4)c(C#N)c3N)C2)C1. The van der Waals surface area contributed by atoms with E-state index in [1.165, 1.54) is 0 Å². The van der Waals surface area contributed by atoms with E-state index in [1.807, 2.05) is 45.2 Å². The molecule has 1 aromatic carbocycles. The third kappa shape index (κ3) is 4.63. The van der Waals surface area contributed by atoms with Crippen molar-refractivity contribution in [3.8, 4) is 23.4 Å². The van der Waals surface area contributed by atoms with Gasteiger partial charge >= 0.3 is 6.09 Å². The van der Waals surface area contributed by atoms with Crippen LogP contribution in [0.25, 0.3) is 11.3 Å². The van der Waals surface area contributed by atoms with Gasteiger partial charge in [-0.3, -0.25) is 4.68 Å². The standard InChI is InChI=1S/C27H30N8O2/c1-26(2,3)37-25(36)33-9-8-27(17-33)10-21(11-27)35-24(30)22(13-29)23(32-35)20-14-31-34(16-20)15-19-7-5-4-6-18(19)12-28/h4-7,14,16,21H,8-11,15,17,30H2,1-3H3. The molecular weight excluding hydrogens is 468 g/mol. The Morgan fingerprint density at radius 1 is 1.24 bits per heavy atom. The first-order chi connectivity index (χ1) is 17.6. The zero-order valence-corrected chi connectivity index (χ0v) is 21.3. The fourth-order valence-electron chi connectivity index (χ4n) is 5.42. The minimum atomic E-state index is -0.518. The van der Waals surface area contributed by atoms with Gasteiger partial charge in [0.2, 0.25) is 0 Å². The third-order valence-corrected chi connectivity index (χ3v) is 7.21. The lowest BCUT2D eigenvalue weighted by Gasteiger charge is -2.45. The summed E-state index contributed by atoms with van der Waals surface area (Å²) in [5.74, 6) is 0.349. The molecule has 2 N–H and O–H groups in total. The van der Waals surface area contributed by atoms with Crippen LogP contribution in [0.15, 0.2) is 36.7 Å². The molecule has 2 aliphatic rings. The molecule has 3 aromatic rings. The predicted octanol–water partition coefficient (Wildman–Crippen LogP) is 4.08. The molecule has 10 heteroatoms. The van der Waals surface area contributed by atoms with Crippen molar-refractivity contribution in [2.75, 3.05) is 18.8 Å². The quantitative estimate of drug-likeness (QED) is 0.572. The highest BCUT2D eigenvalue weighted by Crippen LogP contribution is 2.54. The van der Waals surface area contributed by atoms with Crippen LogP contribution in [0.2, 0.25) is 0 Å². The van der Waals surface area contributed by atoms with Gasteiger partial charge in [-0.1, -0.05) is 18.2 Å². The van der Waals surface area contributed by atoms with Crippen molar-refractivity contribution in [2.45, 2.75) is 58.2 Å². The molecule has 0 bridgehead atoms. The summed E-state index contributed by atoms with van der Waals surface area (Å²) in [6, 6.07) is 11.9. The van der Waals surface area contributed by atoms with Crippen molar-refractivity contribution in [2.24, 2.45) is 5.41 Å². The van der Waals surface area contributed by atoms with E-state index < -0.39 is 5.60 Å². The predicted molar refractivity (Wildman–Crippen MR) is 136 cm³/mol. The average molecular weight is 499 g/mol. The molecule has 190 valence electrons. The number of nitrogens with zero attached hydrogens (tertiary/aromatic N) is 7. The molecule has 1 saturated carbocycles. The number of amides is 1. The van der Waals surface area contributed by atoms with Crippen molar-refractivity contribution in [1.82, 2.24) is 24.5 Å². The fourth-order valence-corrected chi connectivity index (χ4v) is 5.42. The number of benzene rings is 1. The normalized spacial score (nSPS) is 20.9. The van der Waals surface area contributed by atoms with Crippen LogP contribution in [0.4, 0.5) is 10.6 Å². The summed E-state index contributed by atoms with van der Waals surface area (Å²) in [5.41, 5.74) is 8.90. The number of ether oxygens (including phenoxy) is 1. The zero-order valence-electron chi connectivity index (χ0n) is 21.3. The molecule has 0 atom stereocenters. The number of nitrogens with two attached hydrogens (primary N) is 1. The lowest BCUT2D eigenvalue weighted by molar-refractivity contribution is 0.0188. The van der Waals surface area contributed by atoms with Gasteiger partial charge in [0, 0.05) is 24.8 Å². The van der Waals surface area contributed by atoms with E-state index in [-0.39, 0.29) is 17.6 Å². The van der Waals surface area contributed by atoms with E-state index in [0.717, 1.165) is 24.8 Å². The number of carbonyl (C=O) groups excluding carboxylic acids is 1. The van der Waals surface area contributed by atoms with Gasteiger partial charge in [-0.2, -0.15) is 20.7 Å². The third-order valence-electron chi connectivity index (χ3n) is 7.21. The molecule has 0 radical (unpaired) electrons. The maximum atomic E-state index is 12.5. The van der Waals surface area contributed by atoms with Crippen LogP contribution in [0.5, 0.6) is 0 Å². The lowest BCUT2D eigenvalue weighted by Crippen LogP contribution is -2.43. The number of anilines is 1. The highest BCUT2D eigenvalue weighted by Gasteiger charge is 2.51. The van der Waals surface area contributed by atoms with E-state index in [4.69, 9.17) is 15.6 Å². The summed E-state index contributed by atoms with van der Waals surface area (Å²) in [4.78, 5) is 14.3. The second-order valence-corrected chi connectivity index (χ2v) is 11.1. The summed E-state index contributed by atoms with van der Waals surface area (Å²) < 4.78 is 9.03. The molecule has 5 rings (SSSR count). The Morgan fingerprint density at radius 2 is 2.00 bits per heavy atom. The first kappa shape index (κ1) is 24.4. The molecule has 2 fully saturated rings. The monoisotopic (exact) mass is 498 g/mol. The Hall–Kier alpha value is -4.31. The van der Waals surface area contributed by atoms with Crippen molar-refractivity contribution in [3.63, 3.8) is 0 Å². The average Bonchev–Trinajstić information content (AvgIpc) is 3.54. The van der Waals surface area contributed by atoms with Gasteiger partial charge in [-0.15, -0.1) is 0 Å². The number of nitriles is 2. The van der Waals surface area contributed by atoms with Crippen LogP contribution in [0.1, 0.15) is 62.8 Å². The second-order valence-electron chi connectivity index (χ2n) is 11.1. The van der Waals surface area contributed by atoms with E-state index in [9.17, 15) is 15.3 Å². The lowest BCUT2D eigenvalue weighted by atomic mass is 9.65. The van der Waals surface area contributed by atoms with E-state index in [1.54, 1.807) is 26.5 Å². The van der Waals surface area contributed by atoms with Gasteiger partial charge in [-0.05, 0) is 57.1 Å². The summed E-state index contributed by atoms with van der Waals surface area (Å²) in [7, 11) is 0. The first-order valence-corrected chi connectivity index (χ1v) is 12.4. The molecule has 1 amide bonds. The highest BCUT2D eigenvalue weighted by molar-refractivity contribution is 5.72. The van der Waals surface area contributed by atoms with Gasteiger partial charge in [0.25, 0.3) is 0 Å². The van der Waals surface area contributed by atoms with Crippen LogP contribution < -0.4 is 5.73 Å². The minimum Gasteiger partial charge on any atom is -0.444 e. The topological polar surface area (TPSA) is 139 Å². The molecule has 37 heavy (non-hydrogen) atoms. The summed E-state index contributed by atoms with van der Waals surface area (Å²) in [6.07, 6.45) is 5.81. The summed E-state index contributed by atoms with van der Waals surface area (Å²) >= 11 is 0. The highest BCUT2D eigenvalue weighted by atomic mass is 16.6. The Balaban J connectivity index is 1.30. The Bertz CT molecular complexity index is 1430. The smallest absolute Gasteiger partial charge is 0.410 e. The summed E-state index contributed by atoms with van der Waals surface area (Å²) in [5, 5.41) is 28.4. The number of carbonyl (C=O) groups is 1. The number of likely N-dealkylation sites (tertiary alicyclic amines) is 1. The number of rotatable bonds is 4. The number of nitrogen functional groups attached to an aromatic ring is 1. The van der Waals surface area contributed by atoms with E-state index in [2.05, 4.69) is 17.2 Å². The van der Waals surface area contributed by atoms with Crippen molar-refractivity contribution in [3.05, 3.63) is 53.3 Å².